The monoisotopic (exact) mass is 390 g/mol. The molecule has 1 aromatic rings. The summed E-state index contributed by atoms with van der Waals surface area (Å²) in [5.41, 5.74) is 4.82. The minimum atomic E-state index is -3.47. The molecule has 1 unspecified atom stereocenters. The fourth-order valence-electron chi connectivity index (χ4n) is 1.37. The molecule has 0 aliphatic rings. The Bertz CT molecular complexity index is 737. The number of amides is 1. The number of terminal acetylenes is 1. The number of sulfone groups is 1. The molecule has 0 spiro atoms. The summed E-state index contributed by atoms with van der Waals surface area (Å²) in [6, 6.07) is 4.56. The van der Waals surface area contributed by atoms with Crippen molar-refractivity contribution in [3.05, 3.63) is 18.2 Å². The van der Waals surface area contributed by atoms with E-state index in [1.807, 2.05) is 0 Å². The lowest BCUT2D eigenvalue weighted by Gasteiger charge is -2.14. The van der Waals surface area contributed by atoms with Crippen LogP contribution in [0.25, 0.3) is 0 Å². The smallest absolute Gasteiger partial charge is 0.273 e. The van der Waals surface area contributed by atoms with Crippen molar-refractivity contribution in [2.24, 2.45) is 5.73 Å². The number of primary amides is 1. The van der Waals surface area contributed by atoms with Gasteiger partial charge in [0.1, 0.15) is 10.6 Å². The first-order valence-corrected chi connectivity index (χ1v) is 9.06. The van der Waals surface area contributed by atoms with Crippen molar-refractivity contribution in [2.45, 2.75) is 17.9 Å². The van der Waals surface area contributed by atoms with E-state index in [0.717, 1.165) is 6.26 Å². The van der Waals surface area contributed by atoms with Gasteiger partial charge >= 0.3 is 0 Å². The first-order chi connectivity index (χ1) is 11.0. The van der Waals surface area contributed by atoms with Gasteiger partial charge < -0.3 is 20.5 Å². The van der Waals surface area contributed by atoms with E-state index in [2.05, 4.69) is 29.6 Å². The number of rotatable bonds is 4. The molecule has 0 saturated carbocycles. The van der Waals surface area contributed by atoms with Crippen LogP contribution in [-0.4, -0.2) is 38.3 Å². The third-order valence-electron chi connectivity index (χ3n) is 2.31. The molecule has 0 saturated heterocycles. The Hall–Kier alpha value is -1.96. The second kappa shape index (κ2) is 10.0. The summed E-state index contributed by atoms with van der Waals surface area (Å²) in [6.45, 7) is 1.65. The number of thiol groups is 1. The largest absolute Gasteiger partial charge is 0.477 e. The third-order valence-corrected chi connectivity index (χ3v) is 3.70. The highest BCUT2D eigenvalue weighted by Gasteiger charge is 2.17. The van der Waals surface area contributed by atoms with Crippen LogP contribution in [0, 0.1) is 12.3 Å². The normalized spacial score (nSPS) is 11.1. The van der Waals surface area contributed by atoms with Crippen LogP contribution in [-0.2, 0) is 14.6 Å². The zero-order chi connectivity index (χ0) is 18.9. The Kier molecular flexibility index (Phi) is 9.20. The Balaban J connectivity index is 0.00000118. The van der Waals surface area contributed by atoms with E-state index in [0.29, 0.717) is 5.69 Å². The first-order valence-electron chi connectivity index (χ1n) is 6.31. The van der Waals surface area contributed by atoms with E-state index < -0.39 is 21.2 Å². The molecule has 1 amide bonds. The predicted octanol–water partition coefficient (Wildman–Crippen LogP) is 1.83. The van der Waals surface area contributed by atoms with Gasteiger partial charge in [-0.3, -0.25) is 4.79 Å². The highest BCUT2D eigenvalue weighted by atomic mass is 32.2. The van der Waals surface area contributed by atoms with Crippen molar-refractivity contribution < 1.29 is 22.7 Å². The topological polar surface area (TPSA) is 108 Å². The Morgan fingerprint density at radius 2 is 2.04 bits per heavy atom. The molecule has 0 aromatic heterocycles. The zero-order valence-electron chi connectivity index (χ0n) is 13.3. The number of carbonyl (C=O) groups excluding carboxylic acids is 1. The van der Waals surface area contributed by atoms with Crippen LogP contribution in [0.2, 0.25) is 0 Å². The molecule has 1 aromatic carbocycles. The van der Waals surface area contributed by atoms with Gasteiger partial charge in [-0.05, 0) is 37.3 Å². The zero-order valence-corrected chi connectivity index (χ0v) is 15.8. The minimum absolute atomic E-state index is 0.0310. The summed E-state index contributed by atoms with van der Waals surface area (Å²) < 4.78 is 33.8. The molecule has 0 fully saturated rings. The van der Waals surface area contributed by atoms with Gasteiger partial charge in [0.05, 0.1) is 7.11 Å². The van der Waals surface area contributed by atoms with Crippen molar-refractivity contribution in [3.63, 3.8) is 0 Å². The molecule has 0 aliphatic carbocycles. The Labute approximate surface area is 152 Å². The van der Waals surface area contributed by atoms with Crippen LogP contribution in [0.1, 0.15) is 6.92 Å². The van der Waals surface area contributed by atoms with Crippen molar-refractivity contribution in [1.29, 1.82) is 0 Å². The van der Waals surface area contributed by atoms with Crippen LogP contribution in [0.4, 0.5) is 10.5 Å². The standard InChI is InChI=1S/C13H15NO4S2.CH3NOS/c1-5-9(2)18-11-7-6-10(14-13(19)17-3)8-12(11)20(4,15)16;2-1(3)4/h1,6-9H,2-4H3,(H,14,19);(H3,2,3,4). The third kappa shape index (κ3) is 8.61. The van der Waals surface area contributed by atoms with Crippen LogP contribution < -0.4 is 15.8 Å². The maximum Gasteiger partial charge on any atom is 0.273 e. The number of nitrogens with one attached hydrogen (secondary N) is 1. The number of hydrogen-bond donors (Lipinski definition) is 3. The number of carbonyl (C=O) groups is 1. The number of thiocarbonyl (C=S) groups is 1. The lowest BCUT2D eigenvalue weighted by Crippen LogP contribution is -2.13. The molecule has 0 heterocycles. The van der Waals surface area contributed by atoms with E-state index in [4.69, 9.17) is 32.9 Å². The molecule has 3 N–H and O–H groups in total. The molecule has 0 aliphatic heterocycles. The number of ether oxygens (including phenoxy) is 2. The fraction of sp³-hybridized carbons (Fsp3) is 0.286. The first kappa shape index (κ1) is 22.0. The van der Waals surface area contributed by atoms with Gasteiger partial charge in [-0.1, -0.05) is 18.5 Å². The molecule has 10 heteroatoms. The molecule has 7 nitrogen and oxygen atoms in total. The van der Waals surface area contributed by atoms with Crippen molar-refractivity contribution in [1.82, 2.24) is 0 Å². The second-order valence-electron chi connectivity index (χ2n) is 4.32. The molecular weight excluding hydrogens is 372 g/mol. The lowest BCUT2D eigenvalue weighted by molar-refractivity contribution is 0.267. The molecule has 132 valence electrons. The summed E-state index contributed by atoms with van der Waals surface area (Å²) in [5.74, 6) is 2.58. The molecule has 1 atom stereocenters. The molecule has 0 radical (unpaired) electrons. The van der Waals surface area contributed by atoms with Gasteiger partial charge in [-0.15, -0.1) is 6.42 Å². The van der Waals surface area contributed by atoms with Crippen LogP contribution in [0.5, 0.6) is 5.75 Å². The maximum atomic E-state index is 11.8. The van der Waals surface area contributed by atoms with Crippen LogP contribution in [0.3, 0.4) is 0 Å². The average Bonchev–Trinajstić information content (AvgIpc) is 2.46. The second-order valence-corrected chi connectivity index (χ2v) is 7.11. The van der Waals surface area contributed by atoms with Gasteiger partial charge in [0.2, 0.25) is 0 Å². The highest BCUT2D eigenvalue weighted by molar-refractivity contribution is 7.96. The number of methoxy groups -OCH3 is 1. The molecule has 24 heavy (non-hydrogen) atoms. The quantitative estimate of drug-likeness (QED) is 0.409. The van der Waals surface area contributed by atoms with Crippen molar-refractivity contribution in [3.8, 4) is 18.1 Å². The van der Waals surface area contributed by atoms with Crippen LogP contribution in [0.15, 0.2) is 23.1 Å². The number of hydrogen-bond acceptors (Lipinski definition) is 6. The highest BCUT2D eigenvalue weighted by Crippen LogP contribution is 2.28. The van der Waals surface area contributed by atoms with Crippen molar-refractivity contribution >= 4 is 50.8 Å². The van der Waals surface area contributed by atoms with Gasteiger partial charge in [0, 0.05) is 11.9 Å². The number of benzene rings is 1. The summed E-state index contributed by atoms with van der Waals surface area (Å²) in [5, 5.41) is 2.24. The van der Waals surface area contributed by atoms with Crippen LogP contribution >= 0.6 is 24.8 Å². The van der Waals surface area contributed by atoms with Crippen molar-refractivity contribution in [2.75, 3.05) is 18.7 Å². The Morgan fingerprint density at radius 1 is 1.50 bits per heavy atom. The predicted molar refractivity (Wildman–Crippen MR) is 100 cm³/mol. The van der Waals surface area contributed by atoms with E-state index in [9.17, 15) is 8.42 Å². The average molecular weight is 391 g/mol. The summed E-state index contributed by atoms with van der Waals surface area (Å²) >= 11 is 7.96. The Morgan fingerprint density at radius 3 is 2.46 bits per heavy atom. The summed E-state index contributed by atoms with van der Waals surface area (Å²) in [4.78, 5) is 9.12. The van der Waals surface area contributed by atoms with Gasteiger partial charge in [0.25, 0.3) is 10.4 Å². The lowest BCUT2D eigenvalue weighted by atomic mass is 10.3. The van der Waals surface area contributed by atoms with Gasteiger partial charge in [-0.25, -0.2) is 8.42 Å². The number of nitrogens with two attached hydrogens (primary N) is 1. The van der Waals surface area contributed by atoms with E-state index in [-0.39, 0.29) is 15.8 Å². The minimum Gasteiger partial charge on any atom is -0.477 e. The number of anilines is 1. The molecular formula is C14H18N2O5S3. The fourth-order valence-corrected chi connectivity index (χ4v) is 2.31. The van der Waals surface area contributed by atoms with E-state index in [1.54, 1.807) is 13.0 Å². The SMILES string of the molecule is C#CC(C)Oc1ccc(NC(=S)OC)cc1S(C)(=O)=O.NC(=O)S. The molecule has 1 rings (SSSR count). The van der Waals surface area contributed by atoms with Gasteiger partial charge in [0.15, 0.2) is 15.9 Å². The van der Waals surface area contributed by atoms with Gasteiger partial charge in [-0.2, -0.15) is 0 Å². The maximum absolute atomic E-state index is 11.8. The summed E-state index contributed by atoms with van der Waals surface area (Å²) in [7, 11) is -2.05. The van der Waals surface area contributed by atoms with E-state index in [1.165, 1.54) is 19.2 Å². The van der Waals surface area contributed by atoms with E-state index >= 15 is 0 Å². The summed E-state index contributed by atoms with van der Waals surface area (Å²) in [6.07, 6.45) is 5.78. The molecule has 0 bridgehead atoms.